The molecule has 3 aromatic carbocycles. The molecular weight excluding hydrogens is 310 g/mol. The van der Waals surface area contributed by atoms with Crippen molar-refractivity contribution in [2.24, 2.45) is 5.11 Å². The van der Waals surface area contributed by atoms with Gasteiger partial charge in [0.25, 0.3) is 0 Å². The maximum absolute atomic E-state index is 13.5. The summed E-state index contributed by atoms with van der Waals surface area (Å²) < 4.78 is 0. The average molecular weight is 327 g/mol. The minimum Gasteiger partial charge on any atom is -0.293 e. The third-order valence-electron chi connectivity index (χ3n) is 4.22. The van der Waals surface area contributed by atoms with E-state index in [0.29, 0.717) is 16.7 Å². The molecule has 0 aromatic heterocycles. The van der Waals surface area contributed by atoms with Gasteiger partial charge in [0.1, 0.15) is 0 Å². The van der Waals surface area contributed by atoms with E-state index in [1.165, 1.54) is 0 Å². The predicted molar refractivity (Wildman–Crippen MR) is 98.3 cm³/mol. The topological polar surface area (TPSA) is 65.8 Å². The Morgan fingerprint density at radius 2 is 1.36 bits per heavy atom. The number of hydrogen-bond acceptors (Lipinski definition) is 2. The third-order valence-corrected chi connectivity index (χ3v) is 4.22. The molecule has 0 spiro atoms. The second-order valence-corrected chi connectivity index (χ2v) is 5.83. The van der Waals surface area contributed by atoms with Crippen molar-refractivity contribution < 1.29 is 4.79 Å². The number of carbonyl (C=O) groups excluding carboxylic acids is 1. The average Bonchev–Trinajstić information content (AvgIpc) is 2.68. The van der Waals surface area contributed by atoms with Gasteiger partial charge in [-0.2, -0.15) is 0 Å². The lowest BCUT2D eigenvalue weighted by molar-refractivity contribution is 0.0915. The Balaban J connectivity index is 2.31. The van der Waals surface area contributed by atoms with Crippen molar-refractivity contribution in [3.8, 4) is 0 Å². The van der Waals surface area contributed by atoms with Crippen molar-refractivity contribution >= 4 is 5.78 Å². The first-order valence-corrected chi connectivity index (χ1v) is 7.97. The van der Waals surface area contributed by atoms with Crippen LogP contribution in [0.25, 0.3) is 10.4 Å². The first kappa shape index (κ1) is 16.5. The summed E-state index contributed by atoms with van der Waals surface area (Å²) in [5.74, 6) is -0.249. The molecule has 3 rings (SSSR count). The number of benzene rings is 3. The van der Waals surface area contributed by atoms with Crippen molar-refractivity contribution in [2.45, 2.75) is 12.5 Å². The summed E-state index contributed by atoms with van der Waals surface area (Å²) in [6.45, 7) is 1.97. The molecule has 0 amide bonds. The number of carbonyl (C=O) groups is 1. The lowest BCUT2D eigenvalue weighted by atomic mass is 9.77. The number of ketones is 1. The Morgan fingerprint density at radius 3 is 1.92 bits per heavy atom. The lowest BCUT2D eigenvalue weighted by Gasteiger charge is -2.29. The van der Waals surface area contributed by atoms with Crippen LogP contribution in [0.5, 0.6) is 0 Å². The van der Waals surface area contributed by atoms with Gasteiger partial charge in [-0.1, -0.05) is 95.6 Å². The molecule has 0 aliphatic carbocycles. The van der Waals surface area contributed by atoms with Crippen LogP contribution in [0.1, 0.15) is 27.0 Å². The molecule has 0 saturated carbocycles. The molecule has 4 nitrogen and oxygen atoms in total. The highest BCUT2D eigenvalue weighted by Gasteiger charge is 2.41. The van der Waals surface area contributed by atoms with E-state index in [2.05, 4.69) is 10.0 Å². The van der Waals surface area contributed by atoms with Crippen LogP contribution in [0.3, 0.4) is 0 Å². The number of Topliss-reactive ketones (excluding diaryl/α,β-unsaturated/α-hetero) is 1. The molecule has 1 unspecified atom stereocenters. The van der Waals surface area contributed by atoms with E-state index in [1.54, 1.807) is 24.3 Å². The van der Waals surface area contributed by atoms with Gasteiger partial charge < -0.3 is 0 Å². The molecule has 0 aliphatic heterocycles. The van der Waals surface area contributed by atoms with Crippen LogP contribution in [0, 0.1) is 6.92 Å². The van der Waals surface area contributed by atoms with E-state index in [-0.39, 0.29) is 5.78 Å². The number of hydrogen-bond donors (Lipinski definition) is 0. The van der Waals surface area contributed by atoms with Gasteiger partial charge >= 0.3 is 0 Å². The number of rotatable bonds is 5. The molecule has 0 saturated heterocycles. The molecule has 0 N–H and O–H groups in total. The SMILES string of the molecule is Cc1ccc(C(N=[N+]=[N-])(C(=O)c2ccccc2)c2ccccc2)cc1. The van der Waals surface area contributed by atoms with Gasteiger partial charge in [-0.25, -0.2) is 0 Å². The highest BCUT2D eigenvalue weighted by Crippen LogP contribution is 2.37. The highest BCUT2D eigenvalue weighted by molar-refractivity contribution is 6.06. The van der Waals surface area contributed by atoms with Gasteiger partial charge in [0, 0.05) is 10.5 Å². The van der Waals surface area contributed by atoms with Crippen LogP contribution >= 0.6 is 0 Å². The Hall–Kier alpha value is -3.36. The second-order valence-electron chi connectivity index (χ2n) is 5.83. The third kappa shape index (κ3) is 3.03. The van der Waals surface area contributed by atoms with Crippen molar-refractivity contribution in [1.29, 1.82) is 0 Å². The molecule has 0 aliphatic rings. The summed E-state index contributed by atoms with van der Waals surface area (Å²) in [6, 6.07) is 25.6. The quantitative estimate of drug-likeness (QED) is 0.266. The fourth-order valence-corrected chi connectivity index (χ4v) is 2.93. The fourth-order valence-electron chi connectivity index (χ4n) is 2.93. The Bertz CT molecular complexity index is 914. The van der Waals surface area contributed by atoms with E-state index in [0.717, 1.165) is 5.56 Å². The zero-order valence-corrected chi connectivity index (χ0v) is 13.8. The van der Waals surface area contributed by atoms with Gasteiger partial charge in [-0.15, -0.1) is 0 Å². The van der Waals surface area contributed by atoms with Crippen LogP contribution in [-0.2, 0) is 5.54 Å². The molecule has 122 valence electrons. The normalized spacial score (nSPS) is 12.7. The number of nitrogens with zero attached hydrogens (tertiary/aromatic N) is 3. The second kappa shape index (κ2) is 7.04. The molecule has 0 heterocycles. The summed E-state index contributed by atoms with van der Waals surface area (Å²) in [7, 11) is 0. The van der Waals surface area contributed by atoms with Crippen molar-refractivity contribution in [2.75, 3.05) is 0 Å². The molecule has 0 radical (unpaired) electrons. The van der Waals surface area contributed by atoms with E-state index in [4.69, 9.17) is 0 Å². The Labute approximate surface area is 146 Å². The van der Waals surface area contributed by atoms with Crippen LogP contribution in [0.4, 0.5) is 0 Å². The molecule has 4 heteroatoms. The summed E-state index contributed by atoms with van der Waals surface area (Å²) in [6.07, 6.45) is 0. The van der Waals surface area contributed by atoms with Gasteiger partial charge in [-0.3, -0.25) is 4.79 Å². The van der Waals surface area contributed by atoms with Crippen molar-refractivity contribution in [3.05, 3.63) is 118 Å². The van der Waals surface area contributed by atoms with Crippen molar-refractivity contribution in [3.63, 3.8) is 0 Å². The molecule has 0 bridgehead atoms. The monoisotopic (exact) mass is 327 g/mol. The number of aryl methyl sites for hydroxylation is 1. The predicted octanol–water partition coefficient (Wildman–Crippen LogP) is 5.43. The van der Waals surface area contributed by atoms with Crippen LogP contribution < -0.4 is 0 Å². The summed E-state index contributed by atoms with van der Waals surface area (Å²) in [5.41, 5.74) is 10.7. The van der Waals surface area contributed by atoms with Crippen LogP contribution in [0.2, 0.25) is 0 Å². The summed E-state index contributed by atoms with van der Waals surface area (Å²) in [5, 5.41) is 4.03. The maximum atomic E-state index is 13.5. The standard InChI is InChI=1S/C21H17N3O/c1-16-12-14-19(15-13-16)21(23-24-22,18-10-6-3-7-11-18)20(25)17-8-4-2-5-9-17/h2-15H,1H3. The van der Waals surface area contributed by atoms with E-state index in [9.17, 15) is 10.3 Å². The minimum absolute atomic E-state index is 0.249. The molecule has 0 fully saturated rings. The van der Waals surface area contributed by atoms with Gasteiger partial charge in [0.05, 0.1) is 0 Å². The Kier molecular flexibility index (Phi) is 4.64. The van der Waals surface area contributed by atoms with Gasteiger partial charge in [0.2, 0.25) is 0 Å². The first-order valence-electron chi connectivity index (χ1n) is 7.97. The van der Waals surface area contributed by atoms with E-state index >= 15 is 0 Å². The summed E-state index contributed by atoms with van der Waals surface area (Å²) in [4.78, 5) is 16.5. The van der Waals surface area contributed by atoms with Gasteiger partial charge in [0.15, 0.2) is 11.3 Å². The largest absolute Gasteiger partial charge is 0.293 e. The molecular formula is C21H17N3O. The van der Waals surface area contributed by atoms with E-state index in [1.807, 2.05) is 67.6 Å². The zero-order chi connectivity index (χ0) is 17.7. The van der Waals surface area contributed by atoms with E-state index < -0.39 is 5.54 Å². The highest BCUT2D eigenvalue weighted by atomic mass is 16.1. The molecule has 25 heavy (non-hydrogen) atoms. The minimum atomic E-state index is -1.44. The maximum Gasteiger partial charge on any atom is 0.183 e. The smallest absolute Gasteiger partial charge is 0.183 e. The fraction of sp³-hybridized carbons (Fsp3) is 0.0952. The lowest BCUT2D eigenvalue weighted by Crippen LogP contribution is -2.35. The Morgan fingerprint density at radius 1 is 0.840 bits per heavy atom. The zero-order valence-electron chi connectivity index (χ0n) is 13.8. The molecule has 3 aromatic rings. The molecule has 1 atom stereocenters. The van der Waals surface area contributed by atoms with Crippen LogP contribution in [0.15, 0.2) is 90.0 Å². The van der Waals surface area contributed by atoms with Crippen molar-refractivity contribution in [1.82, 2.24) is 0 Å². The van der Waals surface area contributed by atoms with Crippen LogP contribution in [-0.4, -0.2) is 5.78 Å². The first-order chi connectivity index (χ1) is 12.2. The van der Waals surface area contributed by atoms with Gasteiger partial charge in [-0.05, 0) is 23.6 Å². The number of azide groups is 1. The summed E-state index contributed by atoms with van der Waals surface area (Å²) >= 11 is 0.